The Morgan fingerprint density at radius 2 is 1.94 bits per heavy atom. The SMILES string of the molecule is CSCCCCCCNCc1cc(C)ccc1F. The van der Waals surface area contributed by atoms with Crippen LogP contribution >= 0.6 is 11.8 Å². The fraction of sp³-hybridized carbons (Fsp3) is 0.600. The highest BCUT2D eigenvalue weighted by atomic mass is 32.2. The van der Waals surface area contributed by atoms with Gasteiger partial charge in [-0.3, -0.25) is 0 Å². The summed E-state index contributed by atoms with van der Waals surface area (Å²) in [4.78, 5) is 0. The fourth-order valence-corrected chi connectivity index (χ4v) is 2.40. The van der Waals surface area contributed by atoms with Crippen molar-refractivity contribution in [1.29, 1.82) is 0 Å². The molecule has 0 bridgehead atoms. The van der Waals surface area contributed by atoms with Crippen molar-refractivity contribution in [3.8, 4) is 0 Å². The zero-order chi connectivity index (χ0) is 13.2. The van der Waals surface area contributed by atoms with E-state index in [0.717, 1.165) is 17.7 Å². The zero-order valence-corrected chi connectivity index (χ0v) is 12.3. The van der Waals surface area contributed by atoms with E-state index in [1.807, 2.05) is 30.8 Å². The summed E-state index contributed by atoms with van der Waals surface area (Å²) in [6.07, 6.45) is 7.22. The van der Waals surface area contributed by atoms with Crippen molar-refractivity contribution in [3.63, 3.8) is 0 Å². The van der Waals surface area contributed by atoms with Crippen LogP contribution in [0.4, 0.5) is 4.39 Å². The Hall–Kier alpha value is -0.540. The first-order valence-electron chi connectivity index (χ1n) is 6.68. The van der Waals surface area contributed by atoms with E-state index in [4.69, 9.17) is 0 Å². The first kappa shape index (κ1) is 15.5. The number of aryl methyl sites for hydroxylation is 1. The molecule has 1 nitrogen and oxygen atoms in total. The molecule has 0 aromatic heterocycles. The van der Waals surface area contributed by atoms with Gasteiger partial charge in [0, 0.05) is 12.1 Å². The minimum atomic E-state index is -0.104. The van der Waals surface area contributed by atoms with Gasteiger partial charge in [0.25, 0.3) is 0 Å². The second kappa shape index (κ2) is 9.40. The van der Waals surface area contributed by atoms with Crippen LogP contribution in [0.25, 0.3) is 0 Å². The molecule has 0 unspecified atom stereocenters. The summed E-state index contributed by atoms with van der Waals surface area (Å²) in [5, 5.41) is 3.32. The van der Waals surface area contributed by atoms with Crippen LogP contribution in [0.2, 0.25) is 0 Å². The smallest absolute Gasteiger partial charge is 0.127 e. The Morgan fingerprint density at radius 3 is 2.72 bits per heavy atom. The number of unbranched alkanes of at least 4 members (excludes halogenated alkanes) is 3. The van der Waals surface area contributed by atoms with E-state index in [9.17, 15) is 4.39 Å². The van der Waals surface area contributed by atoms with Crippen molar-refractivity contribution in [2.45, 2.75) is 39.2 Å². The summed E-state index contributed by atoms with van der Waals surface area (Å²) in [5.41, 5.74) is 1.89. The molecular formula is C15H24FNS. The van der Waals surface area contributed by atoms with Gasteiger partial charge in [-0.25, -0.2) is 4.39 Å². The molecule has 102 valence electrons. The van der Waals surface area contributed by atoms with Crippen LogP contribution in [0.5, 0.6) is 0 Å². The third kappa shape index (κ3) is 6.41. The molecule has 0 amide bonds. The summed E-state index contributed by atoms with van der Waals surface area (Å²) in [5.74, 6) is 1.16. The van der Waals surface area contributed by atoms with E-state index in [1.165, 1.54) is 31.4 Å². The van der Waals surface area contributed by atoms with Crippen molar-refractivity contribution >= 4 is 11.8 Å². The van der Waals surface area contributed by atoms with Gasteiger partial charge in [0.15, 0.2) is 0 Å². The molecule has 1 aromatic carbocycles. The molecule has 3 heteroatoms. The lowest BCUT2D eigenvalue weighted by atomic mass is 10.1. The van der Waals surface area contributed by atoms with E-state index < -0.39 is 0 Å². The predicted octanol–water partition coefficient (Wildman–Crippen LogP) is 4.15. The van der Waals surface area contributed by atoms with Gasteiger partial charge < -0.3 is 5.32 Å². The van der Waals surface area contributed by atoms with Crippen LogP contribution in [0.1, 0.15) is 36.8 Å². The maximum absolute atomic E-state index is 13.4. The lowest BCUT2D eigenvalue weighted by Crippen LogP contribution is -2.15. The number of benzene rings is 1. The van der Waals surface area contributed by atoms with Crippen molar-refractivity contribution in [2.24, 2.45) is 0 Å². The minimum Gasteiger partial charge on any atom is -0.313 e. The van der Waals surface area contributed by atoms with Gasteiger partial charge in [0.05, 0.1) is 0 Å². The molecule has 0 radical (unpaired) electrons. The third-order valence-corrected chi connectivity index (χ3v) is 3.67. The lowest BCUT2D eigenvalue weighted by Gasteiger charge is -2.07. The van der Waals surface area contributed by atoms with Crippen molar-refractivity contribution in [2.75, 3.05) is 18.6 Å². The van der Waals surface area contributed by atoms with E-state index in [0.29, 0.717) is 6.54 Å². The highest BCUT2D eigenvalue weighted by molar-refractivity contribution is 7.98. The second-order valence-corrected chi connectivity index (χ2v) is 5.66. The largest absolute Gasteiger partial charge is 0.313 e. The van der Waals surface area contributed by atoms with Gasteiger partial charge in [0.1, 0.15) is 5.82 Å². The van der Waals surface area contributed by atoms with Crippen molar-refractivity contribution in [1.82, 2.24) is 5.32 Å². The summed E-state index contributed by atoms with van der Waals surface area (Å²) in [7, 11) is 0. The Balaban J connectivity index is 2.09. The van der Waals surface area contributed by atoms with Crippen LogP contribution in [0.3, 0.4) is 0 Å². The average Bonchev–Trinajstić information content (AvgIpc) is 2.36. The molecule has 1 rings (SSSR count). The van der Waals surface area contributed by atoms with Crippen LogP contribution in [-0.4, -0.2) is 18.6 Å². The summed E-state index contributed by atoms with van der Waals surface area (Å²) in [6.45, 7) is 3.61. The van der Waals surface area contributed by atoms with E-state index in [-0.39, 0.29) is 5.82 Å². The van der Waals surface area contributed by atoms with Crippen molar-refractivity contribution in [3.05, 3.63) is 35.1 Å². The maximum atomic E-state index is 13.4. The van der Waals surface area contributed by atoms with Gasteiger partial charge in [-0.2, -0.15) is 11.8 Å². The maximum Gasteiger partial charge on any atom is 0.127 e. The standard InChI is InChI=1S/C15H24FNS/c1-13-7-8-15(16)14(11-13)12-17-9-5-3-4-6-10-18-2/h7-8,11,17H,3-6,9-10,12H2,1-2H3. The quantitative estimate of drug-likeness (QED) is 0.676. The molecule has 0 heterocycles. The highest BCUT2D eigenvalue weighted by Crippen LogP contribution is 2.09. The molecule has 0 aliphatic rings. The monoisotopic (exact) mass is 269 g/mol. The number of halogens is 1. The van der Waals surface area contributed by atoms with E-state index in [1.54, 1.807) is 6.07 Å². The Labute approximate surface area is 115 Å². The molecular weight excluding hydrogens is 245 g/mol. The van der Waals surface area contributed by atoms with Gasteiger partial charge in [0.2, 0.25) is 0 Å². The molecule has 0 aliphatic heterocycles. The Morgan fingerprint density at radius 1 is 1.17 bits per heavy atom. The topological polar surface area (TPSA) is 12.0 Å². The lowest BCUT2D eigenvalue weighted by molar-refractivity contribution is 0.567. The van der Waals surface area contributed by atoms with Gasteiger partial charge in [-0.05, 0) is 44.4 Å². The second-order valence-electron chi connectivity index (χ2n) is 4.68. The fourth-order valence-electron chi connectivity index (χ4n) is 1.91. The molecule has 0 atom stereocenters. The molecule has 18 heavy (non-hydrogen) atoms. The Kier molecular flexibility index (Phi) is 8.10. The average molecular weight is 269 g/mol. The molecule has 0 spiro atoms. The Bertz CT molecular complexity index is 341. The predicted molar refractivity (Wildman–Crippen MR) is 79.7 cm³/mol. The molecule has 1 N–H and O–H groups in total. The molecule has 0 saturated heterocycles. The summed E-state index contributed by atoms with van der Waals surface area (Å²) >= 11 is 1.91. The van der Waals surface area contributed by atoms with Crippen molar-refractivity contribution < 1.29 is 4.39 Å². The molecule has 0 aliphatic carbocycles. The van der Waals surface area contributed by atoms with Crippen LogP contribution in [0.15, 0.2) is 18.2 Å². The first-order chi connectivity index (χ1) is 8.74. The van der Waals surface area contributed by atoms with E-state index in [2.05, 4.69) is 11.6 Å². The van der Waals surface area contributed by atoms with Crippen LogP contribution in [-0.2, 0) is 6.54 Å². The summed E-state index contributed by atoms with van der Waals surface area (Å²) in [6, 6.07) is 5.28. The third-order valence-electron chi connectivity index (χ3n) is 2.97. The van der Waals surface area contributed by atoms with Crippen LogP contribution in [0, 0.1) is 12.7 Å². The van der Waals surface area contributed by atoms with Crippen LogP contribution < -0.4 is 5.32 Å². The van der Waals surface area contributed by atoms with E-state index >= 15 is 0 Å². The zero-order valence-electron chi connectivity index (χ0n) is 11.5. The highest BCUT2D eigenvalue weighted by Gasteiger charge is 2.01. The number of hydrogen-bond donors (Lipinski definition) is 1. The van der Waals surface area contributed by atoms with Gasteiger partial charge in [-0.1, -0.05) is 30.5 Å². The summed E-state index contributed by atoms with van der Waals surface area (Å²) < 4.78 is 13.4. The van der Waals surface area contributed by atoms with Gasteiger partial charge >= 0.3 is 0 Å². The minimum absolute atomic E-state index is 0.104. The number of thioether (sulfide) groups is 1. The molecule has 0 fully saturated rings. The first-order valence-corrected chi connectivity index (χ1v) is 8.08. The number of hydrogen-bond acceptors (Lipinski definition) is 2. The molecule has 0 saturated carbocycles. The van der Waals surface area contributed by atoms with Gasteiger partial charge in [-0.15, -0.1) is 0 Å². The normalized spacial score (nSPS) is 10.8. The molecule has 1 aromatic rings. The number of nitrogens with one attached hydrogen (secondary N) is 1. The number of rotatable bonds is 9.